The second-order valence-electron chi connectivity index (χ2n) is 6.65. The number of nitrogens with one attached hydrogen (secondary N) is 1. The molecular formula is C18H29N3. The van der Waals surface area contributed by atoms with Gasteiger partial charge in [0.2, 0.25) is 0 Å². The molecule has 21 heavy (non-hydrogen) atoms. The lowest BCUT2D eigenvalue weighted by atomic mass is 9.93. The minimum Gasteiger partial charge on any atom is -0.367 e. The summed E-state index contributed by atoms with van der Waals surface area (Å²) in [5.74, 6) is 1.05. The zero-order valence-electron chi connectivity index (χ0n) is 13.4. The number of pyridine rings is 1. The highest BCUT2D eigenvalue weighted by atomic mass is 15.2. The van der Waals surface area contributed by atoms with Gasteiger partial charge in [-0.2, -0.15) is 0 Å². The van der Waals surface area contributed by atoms with Gasteiger partial charge < -0.3 is 5.32 Å². The number of anilines is 1. The van der Waals surface area contributed by atoms with Crippen LogP contribution in [0.1, 0.15) is 69.9 Å². The molecule has 1 aliphatic heterocycles. The minimum atomic E-state index is 0.593. The normalized spacial score (nSPS) is 23.8. The minimum absolute atomic E-state index is 0.593. The fourth-order valence-corrected chi connectivity index (χ4v) is 3.45. The lowest BCUT2D eigenvalue weighted by Crippen LogP contribution is -2.34. The fraction of sp³-hybridized carbons (Fsp3) is 0.722. The van der Waals surface area contributed by atoms with Crippen LogP contribution in [0.15, 0.2) is 18.3 Å². The van der Waals surface area contributed by atoms with Gasteiger partial charge in [0.05, 0.1) is 0 Å². The summed E-state index contributed by atoms with van der Waals surface area (Å²) in [7, 11) is 0. The van der Waals surface area contributed by atoms with Crippen molar-refractivity contribution in [2.24, 2.45) is 0 Å². The Morgan fingerprint density at radius 1 is 1.19 bits per heavy atom. The van der Waals surface area contributed by atoms with Gasteiger partial charge in [-0.1, -0.05) is 25.8 Å². The molecular weight excluding hydrogens is 258 g/mol. The maximum absolute atomic E-state index is 4.65. The summed E-state index contributed by atoms with van der Waals surface area (Å²) < 4.78 is 0. The lowest BCUT2D eigenvalue weighted by molar-refractivity contribution is 0.146. The van der Waals surface area contributed by atoms with Crippen LogP contribution in [0.4, 0.5) is 5.82 Å². The third kappa shape index (κ3) is 3.76. The van der Waals surface area contributed by atoms with E-state index in [-0.39, 0.29) is 0 Å². The van der Waals surface area contributed by atoms with Gasteiger partial charge >= 0.3 is 0 Å². The van der Waals surface area contributed by atoms with Crippen LogP contribution < -0.4 is 5.32 Å². The molecule has 0 radical (unpaired) electrons. The quantitative estimate of drug-likeness (QED) is 0.842. The lowest BCUT2D eigenvalue weighted by Gasteiger charge is -2.36. The Hall–Kier alpha value is -1.09. The molecule has 3 nitrogen and oxygen atoms in total. The number of aromatic nitrogens is 1. The topological polar surface area (TPSA) is 28.2 Å². The van der Waals surface area contributed by atoms with Gasteiger partial charge in [0.1, 0.15) is 5.82 Å². The van der Waals surface area contributed by atoms with Gasteiger partial charge in [-0.05, 0) is 63.2 Å². The Morgan fingerprint density at radius 2 is 2.10 bits per heavy atom. The van der Waals surface area contributed by atoms with E-state index in [9.17, 15) is 0 Å². The van der Waals surface area contributed by atoms with Crippen molar-refractivity contribution < 1.29 is 0 Å². The van der Waals surface area contributed by atoms with Crippen molar-refractivity contribution in [3.05, 3.63) is 23.9 Å². The van der Waals surface area contributed by atoms with Crippen molar-refractivity contribution in [3.8, 4) is 0 Å². The number of unbranched alkanes of at least 4 members (excludes halogenated alkanes) is 1. The van der Waals surface area contributed by atoms with Gasteiger partial charge in [0, 0.05) is 18.3 Å². The molecule has 1 atom stereocenters. The first-order chi connectivity index (χ1) is 10.4. The molecule has 2 fully saturated rings. The van der Waals surface area contributed by atoms with E-state index in [1.807, 2.05) is 0 Å². The summed E-state index contributed by atoms with van der Waals surface area (Å²) in [6.07, 6.45) is 12.7. The van der Waals surface area contributed by atoms with E-state index in [0.29, 0.717) is 12.1 Å². The van der Waals surface area contributed by atoms with Crippen LogP contribution in [0, 0.1) is 0 Å². The monoisotopic (exact) mass is 287 g/mol. The summed E-state index contributed by atoms with van der Waals surface area (Å²) >= 11 is 0. The smallest absolute Gasteiger partial charge is 0.126 e. The predicted molar refractivity (Wildman–Crippen MR) is 88.6 cm³/mol. The van der Waals surface area contributed by atoms with E-state index in [2.05, 4.69) is 40.5 Å². The van der Waals surface area contributed by atoms with Crippen LogP contribution in [0.2, 0.25) is 0 Å². The van der Waals surface area contributed by atoms with Crippen LogP contribution in [0.25, 0.3) is 0 Å². The second-order valence-corrected chi connectivity index (χ2v) is 6.65. The average Bonchev–Trinajstić information content (AvgIpc) is 2.50. The largest absolute Gasteiger partial charge is 0.367 e. The number of hydrogen-bond acceptors (Lipinski definition) is 3. The maximum atomic E-state index is 4.65. The Kier molecular flexibility index (Phi) is 5.13. The summed E-state index contributed by atoms with van der Waals surface area (Å²) in [5.41, 5.74) is 1.41. The number of piperidine rings is 1. The number of nitrogens with zero attached hydrogens (tertiary/aromatic N) is 2. The molecule has 2 heterocycles. The Bertz CT molecular complexity index is 425. The van der Waals surface area contributed by atoms with Gasteiger partial charge in [0.15, 0.2) is 0 Å². The highest BCUT2D eigenvalue weighted by molar-refractivity contribution is 5.37. The van der Waals surface area contributed by atoms with E-state index in [1.54, 1.807) is 0 Å². The first kappa shape index (κ1) is 14.8. The molecule has 1 aliphatic carbocycles. The molecule has 3 rings (SSSR count). The molecule has 116 valence electrons. The average molecular weight is 287 g/mol. The SMILES string of the molecule is CCCCN1CCCCC1c1ccc(NC2CCC2)nc1. The van der Waals surface area contributed by atoms with Crippen LogP contribution in [0.3, 0.4) is 0 Å². The van der Waals surface area contributed by atoms with E-state index in [4.69, 9.17) is 0 Å². The van der Waals surface area contributed by atoms with Gasteiger partial charge in [-0.3, -0.25) is 4.90 Å². The van der Waals surface area contributed by atoms with Gasteiger partial charge in [-0.15, -0.1) is 0 Å². The molecule has 0 spiro atoms. The number of hydrogen-bond donors (Lipinski definition) is 1. The number of rotatable bonds is 6. The Labute approximate surface area is 129 Å². The van der Waals surface area contributed by atoms with Crippen LogP contribution in [-0.4, -0.2) is 29.0 Å². The molecule has 0 amide bonds. The Morgan fingerprint density at radius 3 is 2.76 bits per heavy atom. The third-order valence-corrected chi connectivity index (χ3v) is 5.04. The van der Waals surface area contributed by atoms with Crippen molar-refractivity contribution >= 4 is 5.82 Å². The van der Waals surface area contributed by atoms with Crippen molar-refractivity contribution in [3.63, 3.8) is 0 Å². The predicted octanol–water partition coefficient (Wildman–Crippen LogP) is 4.37. The Balaban J connectivity index is 1.62. The molecule has 2 aliphatic rings. The summed E-state index contributed by atoms with van der Waals surface area (Å²) in [4.78, 5) is 7.32. The fourth-order valence-electron chi connectivity index (χ4n) is 3.45. The van der Waals surface area contributed by atoms with E-state index >= 15 is 0 Å². The third-order valence-electron chi connectivity index (χ3n) is 5.04. The maximum Gasteiger partial charge on any atom is 0.126 e. The molecule has 1 unspecified atom stereocenters. The molecule has 1 saturated heterocycles. The second kappa shape index (κ2) is 7.26. The van der Waals surface area contributed by atoms with Crippen molar-refractivity contribution in [2.45, 2.75) is 70.4 Å². The standard InChI is InChI=1S/C18H29N3/c1-2-3-12-21-13-5-4-9-17(21)15-10-11-18(19-14-15)20-16-7-6-8-16/h10-11,14,16-17H,2-9,12-13H2,1H3,(H,19,20). The molecule has 1 N–H and O–H groups in total. The van der Waals surface area contributed by atoms with Crippen LogP contribution in [0.5, 0.6) is 0 Å². The van der Waals surface area contributed by atoms with Crippen LogP contribution in [-0.2, 0) is 0 Å². The molecule has 0 bridgehead atoms. The van der Waals surface area contributed by atoms with Crippen molar-refractivity contribution in [1.82, 2.24) is 9.88 Å². The number of likely N-dealkylation sites (tertiary alicyclic amines) is 1. The van der Waals surface area contributed by atoms with Crippen LogP contribution >= 0.6 is 0 Å². The molecule has 1 aromatic heterocycles. The zero-order chi connectivity index (χ0) is 14.5. The van der Waals surface area contributed by atoms with Crippen molar-refractivity contribution in [2.75, 3.05) is 18.4 Å². The van der Waals surface area contributed by atoms with E-state index < -0.39 is 0 Å². The molecule has 3 heteroatoms. The molecule has 1 aromatic rings. The van der Waals surface area contributed by atoms with E-state index in [1.165, 1.54) is 70.0 Å². The highest BCUT2D eigenvalue weighted by Crippen LogP contribution is 2.31. The molecule has 0 aromatic carbocycles. The van der Waals surface area contributed by atoms with Gasteiger partial charge in [-0.25, -0.2) is 4.98 Å². The van der Waals surface area contributed by atoms with E-state index in [0.717, 1.165) is 5.82 Å². The molecule has 1 saturated carbocycles. The zero-order valence-corrected chi connectivity index (χ0v) is 13.4. The summed E-state index contributed by atoms with van der Waals surface area (Å²) in [6.45, 7) is 4.78. The van der Waals surface area contributed by atoms with Gasteiger partial charge in [0.25, 0.3) is 0 Å². The first-order valence-corrected chi connectivity index (χ1v) is 8.83. The first-order valence-electron chi connectivity index (χ1n) is 8.83. The highest BCUT2D eigenvalue weighted by Gasteiger charge is 2.24. The van der Waals surface area contributed by atoms with Crippen molar-refractivity contribution in [1.29, 1.82) is 0 Å². The summed E-state index contributed by atoms with van der Waals surface area (Å²) in [6, 6.07) is 5.73. The summed E-state index contributed by atoms with van der Waals surface area (Å²) in [5, 5.41) is 3.53.